The highest BCUT2D eigenvalue weighted by Gasteiger charge is 2.12. The van der Waals surface area contributed by atoms with Crippen molar-refractivity contribution < 1.29 is 18.7 Å². The van der Waals surface area contributed by atoms with Gasteiger partial charge >= 0.3 is 5.97 Å². The van der Waals surface area contributed by atoms with Crippen LogP contribution in [-0.4, -0.2) is 29.2 Å². The van der Waals surface area contributed by atoms with E-state index in [1.165, 1.54) is 31.4 Å². The molecule has 136 valence electrons. The lowest BCUT2D eigenvalue weighted by Gasteiger charge is -2.08. The molecule has 0 saturated carbocycles. The van der Waals surface area contributed by atoms with Crippen molar-refractivity contribution in [2.75, 3.05) is 17.7 Å². The van der Waals surface area contributed by atoms with Crippen LogP contribution < -0.4 is 10.6 Å². The Hall–Kier alpha value is -3.81. The number of nitrogens with one attached hydrogen (secondary N) is 2. The Kier molecular flexibility index (Phi) is 5.36. The largest absolute Gasteiger partial charge is 0.465 e. The highest BCUT2D eigenvalue weighted by Crippen LogP contribution is 2.17. The number of ether oxygens (including phenoxy) is 1. The second kappa shape index (κ2) is 8.05. The lowest BCUT2D eigenvalue weighted by molar-refractivity contribution is 0.0600. The van der Waals surface area contributed by atoms with E-state index in [1.54, 1.807) is 36.4 Å². The molecule has 0 aliphatic rings. The minimum atomic E-state index is -0.619. The number of carbonyl (C=O) groups excluding carboxylic acids is 2. The Labute approximate surface area is 154 Å². The van der Waals surface area contributed by atoms with Crippen molar-refractivity contribution in [2.24, 2.45) is 0 Å². The van der Waals surface area contributed by atoms with Crippen molar-refractivity contribution in [3.8, 4) is 0 Å². The summed E-state index contributed by atoms with van der Waals surface area (Å²) < 4.78 is 18.3. The van der Waals surface area contributed by atoms with Crippen molar-refractivity contribution in [3.05, 3.63) is 77.6 Å². The third-order valence-corrected chi connectivity index (χ3v) is 3.58. The SMILES string of the molecule is COC(=O)c1cccc(Nc2ccc(NC(=O)c3ccccc3F)nn2)c1. The van der Waals surface area contributed by atoms with Crippen molar-refractivity contribution >= 4 is 29.2 Å². The summed E-state index contributed by atoms with van der Waals surface area (Å²) in [5, 5.41) is 13.3. The van der Waals surface area contributed by atoms with Gasteiger partial charge in [0.2, 0.25) is 0 Å². The van der Waals surface area contributed by atoms with E-state index in [4.69, 9.17) is 0 Å². The first kappa shape index (κ1) is 18.0. The molecular formula is C19H15FN4O3. The van der Waals surface area contributed by atoms with Gasteiger partial charge in [-0.15, -0.1) is 10.2 Å². The molecule has 0 bridgehead atoms. The van der Waals surface area contributed by atoms with Crippen LogP contribution in [0, 0.1) is 5.82 Å². The summed E-state index contributed by atoms with van der Waals surface area (Å²) >= 11 is 0. The standard InChI is InChI=1S/C19H15FN4O3/c1-27-19(26)12-5-4-6-13(11-12)21-16-9-10-17(24-23-16)22-18(25)14-7-2-3-8-15(14)20/h2-11H,1H3,(H,21,23)(H,22,24,25). The molecule has 0 unspecified atom stereocenters. The van der Waals surface area contributed by atoms with Gasteiger partial charge in [-0.05, 0) is 42.5 Å². The smallest absolute Gasteiger partial charge is 0.337 e. The van der Waals surface area contributed by atoms with Crippen LogP contribution in [0.1, 0.15) is 20.7 Å². The van der Waals surface area contributed by atoms with Crippen LogP contribution in [0.15, 0.2) is 60.7 Å². The van der Waals surface area contributed by atoms with E-state index in [1.807, 2.05) is 0 Å². The highest BCUT2D eigenvalue weighted by molar-refractivity contribution is 6.03. The average molecular weight is 366 g/mol. The molecule has 1 amide bonds. The fraction of sp³-hybridized carbons (Fsp3) is 0.0526. The summed E-state index contributed by atoms with van der Waals surface area (Å²) in [5.74, 6) is -1.10. The highest BCUT2D eigenvalue weighted by atomic mass is 19.1. The molecule has 0 fully saturated rings. The summed E-state index contributed by atoms with van der Waals surface area (Å²) in [6.07, 6.45) is 0. The maximum absolute atomic E-state index is 13.6. The molecule has 0 aliphatic heterocycles. The Bertz CT molecular complexity index is 977. The lowest BCUT2D eigenvalue weighted by Crippen LogP contribution is -2.15. The maximum Gasteiger partial charge on any atom is 0.337 e. The molecule has 2 aromatic carbocycles. The molecule has 27 heavy (non-hydrogen) atoms. The van der Waals surface area contributed by atoms with Crippen LogP contribution in [-0.2, 0) is 4.74 Å². The summed E-state index contributed by atoms with van der Waals surface area (Å²) in [6.45, 7) is 0. The molecule has 0 saturated heterocycles. The van der Waals surface area contributed by atoms with Gasteiger partial charge in [0.1, 0.15) is 5.82 Å². The van der Waals surface area contributed by atoms with Gasteiger partial charge in [-0.2, -0.15) is 0 Å². The molecule has 3 rings (SSSR count). The first-order valence-corrected chi connectivity index (χ1v) is 7.92. The molecule has 0 atom stereocenters. The van der Waals surface area contributed by atoms with Gasteiger partial charge in [0.15, 0.2) is 11.6 Å². The maximum atomic E-state index is 13.6. The van der Waals surface area contributed by atoms with E-state index in [-0.39, 0.29) is 11.4 Å². The molecule has 0 spiro atoms. The van der Waals surface area contributed by atoms with Gasteiger partial charge in [0, 0.05) is 5.69 Å². The number of esters is 1. The van der Waals surface area contributed by atoms with Gasteiger partial charge < -0.3 is 15.4 Å². The Morgan fingerprint density at radius 1 is 0.963 bits per heavy atom. The van der Waals surface area contributed by atoms with Crippen molar-refractivity contribution in [3.63, 3.8) is 0 Å². The first-order chi connectivity index (χ1) is 13.1. The molecular weight excluding hydrogens is 351 g/mol. The number of carbonyl (C=O) groups is 2. The zero-order valence-electron chi connectivity index (χ0n) is 14.3. The van der Waals surface area contributed by atoms with Crippen LogP contribution in [0.4, 0.5) is 21.7 Å². The fourth-order valence-corrected chi connectivity index (χ4v) is 2.28. The number of anilines is 3. The topological polar surface area (TPSA) is 93.2 Å². The zero-order valence-corrected chi connectivity index (χ0v) is 14.3. The van der Waals surface area contributed by atoms with Gasteiger partial charge in [0.05, 0.1) is 18.2 Å². The monoisotopic (exact) mass is 366 g/mol. The summed E-state index contributed by atoms with van der Waals surface area (Å²) in [7, 11) is 1.31. The van der Waals surface area contributed by atoms with Crippen LogP contribution in [0.25, 0.3) is 0 Å². The van der Waals surface area contributed by atoms with Crippen LogP contribution in [0.5, 0.6) is 0 Å². The summed E-state index contributed by atoms with van der Waals surface area (Å²) in [5.41, 5.74) is 0.931. The first-order valence-electron chi connectivity index (χ1n) is 7.92. The molecule has 3 aromatic rings. The third-order valence-electron chi connectivity index (χ3n) is 3.58. The molecule has 1 aromatic heterocycles. The van der Waals surface area contributed by atoms with Crippen molar-refractivity contribution in [2.45, 2.75) is 0 Å². The normalized spacial score (nSPS) is 10.1. The Morgan fingerprint density at radius 2 is 1.70 bits per heavy atom. The minimum Gasteiger partial charge on any atom is -0.465 e. The van der Waals surface area contributed by atoms with Gasteiger partial charge in [0.25, 0.3) is 5.91 Å². The minimum absolute atomic E-state index is 0.0823. The lowest BCUT2D eigenvalue weighted by atomic mass is 10.2. The van der Waals surface area contributed by atoms with E-state index in [0.717, 1.165) is 0 Å². The van der Waals surface area contributed by atoms with E-state index >= 15 is 0 Å². The number of rotatable bonds is 5. The number of nitrogens with zero attached hydrogens (tertiary/aromatic N) is 2. The number of methoxy groups -OCH3 is 1. The molecule has 0 radical (unpaired) electrons. The number of benzene rings is 2. The van der Waals surface area contributed by atoms with E-state index < -0.39 is 17.7 Å². The predicted molar refractivity (Wildman–Crippen MR) is 97.4 cm³/mol. The van der Waals surface area contributed by atoms with Gasteiger partial charge in [-0.25, -0.2) is 9.18 Å². The second-order valence-electron chi connectivity index (χ2n) is 5.44. The number of amides is 1. The van der Waals surface area contributed by atoms with Crippen LogP contribution in [0.2, 0.25) is 0 Å². The summed E-state index contributed by atoms with van der Waals surface area (Å²) in [6, 6.07) is 15.5. The van der Waals surface area contributed by atoms with Crippen molar-refractivity contribution in [1.82, 2.24) is 10.2 Å². The number of halogens is 1. The van der Waals surface area contributed by atoms with E-state index in [9.17, 15) is 14.0 Å². The van der Waals surface area contributed by atoms with Crippen LogP contribution in [0.3, 0.4) is 0 Å². The zero-order chi connectivity index (χ0) is 19.2. The Balaban J connectivity index is 1.68. The molecule has 2 N–H and O–H groups in total. The fourth-order valence-electron chi connectivity index (χ4n) is 2.28. The second-order valence-corrected chi connectivity index (χ2v) is 5.44. The van der Waals surface area contributed by atoms with Crippen LogP contribution >= 0.6 is 0 Å². The number of aromatic nitrogens is 2. The third kappa shape index (κ3) is 4.43. The predicted octanol–water partition coefficient (Wildman–Crippen LogP) is 3.40. The quantitative estimate of drug-likeness (QED) is 0.672. The number of hydrogen-bond acceptors (Lipinski definition) is 6. The summed E-state index contributed by atoms with van der Waals surface area (Å²) in [4.78, 5) is 23.6. The van der Waals surface area contributed by atoms with E-state index in [2.05, 4.69) is 25.6 Å². The van der Waals surface area contributed by atoms with Crippen molar-refractivity contribution in [1.29, 1.82) is 0 Å². The van der Waals surface area contributed by atoms with E-state index in [0.29, 0.717) is 17.1 Å². The Morgan fingerprint density at radius 3 is 2.41 bits per heavy atom. The molecule has 8 heteroatoms. The molecule has 1 heterocycles. The molecule has 7 nitrogen and oxygen atoms in total. The average Bonchev–Trinajstić information content (AvgIpc) is 2.69. The van der Waals surface area contributed by atoms with Gasteiger partial charge in [-0.3, -0.25) is 4.79 Å². The van der Waals surface area contributed by atoms with Gasteiger partial charge in [-0.1, -0.05) is 18.2 Å². The number of hydrogen-bond donors (Lipinski definition) is 2. The molecule has 0 aliphatic carbocycles.